The molecule has 4 nitrogen and oxygen atoms in total. The molecule has 2 aromatic rings. The molecule has 0 N–H and O–H groups in total. The van der Waals surface area contributed by atoms with Crippen molar-refractivity contribution in [2.75, 3.05) is 0 Å². The SMILES string of the molecule is CC(=O)OC1(c2nc3ccccc3s2)C(=O)C(C)=C1C. The Labute approximate surface area is 120 Å². The fourth-order valence-electron chi connectivity index (χ4n) is 2.47. The summed E-state index contributed by atoms with van der Waals surface area (Å²) in [6.45, 7) is 4.86. The van der Waals surface area contributed by atoms with Gasteiger partial charge in [-0.15, -0.1) is 11.3 Å². The summed E-state index contributed by atoms with van der Waals surface area (Å²) in [4.78, 5) is 28.2. The van der Waals surface area contributed by atoms with Crippen molar-refractivity contribution in [3.05, 3.63) is 40.4 Å². The van der Waals surface area contributed by atoms with E-state index in [9.17, 15) is 9.59 Å². The van der Waals surface area contributed by atoms with Gasteiger partial charge >= 0.3 is 5.97 Å². The summed E-state index contributed by atoms with van der Waals surface area (Å²) in [5, 5.41) is 0.530. The largest absolute Gasteiger partial charge is 0.439 e. The molecule has 1 aliphatic rings. The van der Waals surface area contributed by atoms with Crippen molar-refractivity contribution in [1.82, 2.24) is 4.98 Å². The summed E-state index contributed by atoms with van der Waals surface area (Å²) in [6.07, 6.45) is 0. The molecule has 0 fully saturated rings. The van der Waals surface area contributed by atoms with Crippen LogP contribution in [0.5, 0.6) is 0 Å². The quantitative estimate of drug-likeness (QED) is 0.797. The van der Waals surface area contributed by atoms with Gasteiger partial charge in [0.25, 0.3) is 0 Å². The zero-order chi connectivity index (χ0) is 14.5. The highest BCUT2D eigenvalue weighted by Gasteiger charge is 2.56. The summed E-state index contributed by atoms with van der Waals surface area (Å²) in [7, 11) is 0. The Balaban J connectivity index is 2.21. The van der Waals surface area contributed by atoms with Crippen molar-refractivity contribution in [3.8, 4) is 0 Å². The number of fused-ring (bicyclic) bond motifs is 1. The van der Waals surface area contributed by atoms with Gasteiger partial charge in [0.1, 0.15) is 0 Å². The smallest absolute Gasteiger partial charge is 0.304 e. The molecule has 1 aromatic carbocycles. The Morgan fingerprint density at radius 1 is 1.30 bits per heavy atom. The van der Waals surface area contributed by atoms with E-state index in [1.54, 1.807) is 6.92 Å². The minimum absolute atomic E-state index is 0.177. The van der Waals surface area contributed by atoms with Crippen molar-refractivity contribution in [2.24, 2.45) is 0 Å². The summed E-state index contributed by atoms with van der Waals surface area (Å²) < 4.78 is 6.36. The number of thiazole rings is 1. The van der Waals surface area contributed by atoms with Crippen molar-refractivity contribution in [3.63, 3.8) is 0 Å². The van der Waals surface area contributed by atoms with Crippen molar-refractivity contribution in [1.29, 1.82) is 0 Å². The molecular weight excluding hydrogens is 274 g/mol. The van der Waals surface area contributed by atoms with Crippen LogP contribution in [-0.2, 0) is 19.9 Å². The van der Waals surface area contributed by atoms with E-state index in [-0.39, 0.29) is 5.78 Å². The number of benzene rings is 1. The van der Waals surface area contributed by atoms with E-state index < -0.39 is 11.6 Å². The van der Waals surface area contributed by atoms with E-state index in [1.165, 1.54) is 18.3 Å². The second-order valence-electron chi connectivity index (χ2n) is 4.84. The molecule has 102 valence electrons. The molecule has 5 heteroatoms. The van der Waals surface area contributed by atoms with Crippen LogP contribution >= 0.6 is 11.3 Å². The highest BCUT2D eigenvalue weighted by atomic mass is 32.1. The number of ketones is 1. The predicted molar refractivity (Wildman–Crippen MR) is 76.4 cm³/mol. The standard InChI is InChI=1S/C15H13NO3S/c1-8-9(2)15(13(8)18,19-10(3)17)14-16-11-6-4-5-7-12(11)20-14/h4-7H,1-3H3. The van der Waals surface area contributed by atoms with Gasteiger partial charge < -0.3 is 4.74 Å². The lowest BCUT2D eigenvalue weighted by Crippen LogP contribution is -2.49. The molecule has 0 bridgehead atoms. The molecule has 0 saturated carbocycles. The lowest BCUT2D eigenvalue weighted by molar-refractivity contribution is -0.164. The van der Waals surface area contributed by atoms with Crippen LogP contribution in [0.1, 0.15) is 25.8 Å². The number of rotatable bonds is 2. The minimum atomic E-state index is -1.31. The topological polar surface area (TPSA) is 56.3 Å². The number of esters is 1. The molecule has 1 aliphatic carbocycles. The van der Waals surface area contributed by atoms with E-state index in [0.29, 0.717) is 10.6 Å². The molecular formula is C15H13NO3S. The van der Waals surface area contributed by atoms with Crippen LogP contribution in [0.2, 0.25) is 0 Å². The number of aromatic nitrogens is 1. The summed E-state index contributed by atoms with van der Waals surface area (Å²) >= 11 is 1.39. The molecule has 0 aliphatic heterocycles. The Morgan fingerprint density at radius 2 is 2.00 bits per heavy atom. The molecule has 1 atom stereocenters. The van der Waals surface area contributed by atoms with Crippen LogP contribution in [0, 0.1) is 0 Å². The molecule has 20 heavy (non-hydrogen) atoms. The zero-order valence-corrected chi connectivity index (χ0v) is 12.2. The molecule has 3 rings (SSSR count). The second-order valence-corrected chi connectivity index (χ2v) is 5.87. The van der Waals surface area contributed by atoms with Gasteiger partial charge in [0.05, 0.1) is 10.2 Å². The molecule has 0 radical (unpaired) electrons. The third-order valence-corrected chi connectivity index (χ3v) is 4.78. The number of ether oxygens (including phenoxy) is 1. The molecule has 1 aromatic heterocycles. The molecule has 1 unspecified atom stereocenters. The molecule has 1 heterocycles. The Morgan fingerprint density at radius 3 is 2.60 bits per heavy atom. The van der Waals surface area contributed by atoms with Crippen LogP contribution in [-0.4, -0.2) is 16.7 Å². The van der Waals surface area contributed by atoms with Crippen LogP contribution < -0.4 is 0 Å². The van der Waals surface area contributed by atoms with Gasteiger partial charge in [0, 0.05) is 12.5 Å². The van der Waals surface area contributed by atoms with Gasteiger partial charge in [-0.25, -0.2) is 4.98 Å². The van der Waals surface area contributed by atoms with E-state index in [2.05, 4.69) is 4.98 Å². The Kier molecular flexibility index (Phi) is 2.76. The number of para-hydroxylation sites is 1. The van der Waals surface area contributed by atoms with Crippen LogP contribution in [0.4, 0.5) is 0 Å². The maximum atomic E-state index is 12.3. The first kappa shape index (κ1) is 13.0. The van der Waals surface area contributed by atoms with Gasteiger partial charge in [-0.3, -0.25) is 9.59 Å². The Hall–Kier alpha value is -2.01. The minimum Gasteiger partial charge on any atom is -0.439 e. The van der Waals surface area contributed by atoms with Crippen LogP contribution in [0.15, 0.2) is 35.4 Å². The normalized spacial score (nSPS) is 22.1. The van der Waals surface area contributed by atoms with Crippen molar-refractivity contribution >= 4 is 33.3 Å². The number of nitrogens with zero attached hydrogens (tertiary/aromatic N) is 1. The number of hydrogen-bond acceptors (Lipinski definition) is 5. The number of hydrogen-bond donors (Lipinski definition) is 0. The lowest BCUT2D eigenvalue weighted by Gasteiger charge is -2.39. The van der Waals surface area contributed by atoms with Gasteiger partial charge in [0.15, 0.2) is 5.01 Å². The Bertz CT molecular complexity index is 741. The summed E-state index contributed by atoms with van der Waals surface area (Å²) in [5.74, 6) is -0.659. The molecule has 0 spiro atoms. The highest BCUT2D eigenvalue weighted by Crippen LogP contribution is 2.48. The second kappa shape index (κ2) is 4.24. The highest BCUT2D eigenvalue weighted by molar-refractivity contribution is 7.18. The van der Waals surface area contributed by atoms with E-state index >= 15 is 0 Å². The summed E-state index contributed by atoms with van der Waals surface area (Å²) in [6, 6.07) is 7.62. The average Bonchev–Trinajstić information content (AvgIpc) is 2.86. The van der Waals surface area contributed by atoms with Crippen LogP contribution in [0.3, 0.4) is 0 Å². The third-order valence-electron chi connectivity index (χ3n) is 3.64. The van der Waals surface area contributed by atoms with E-state index in [4.69, 9.17) is 4.74 Å². The van der Waals surface area contributed by atoms with Crippen molar-refractivity contribution < 1.29 is 14.3 Å². The fraction of sp³-hybridized carbons (Fsp3) is 0.267. The number of Topliss-reactive ketones (excluding diaryl/α,β-unsaturated/α-hetero) is 1. The predicted octanol–water partition coefficient (Wildman–Crippen LogP) is 2.97. The van der Waals surface area contributed by atoms with Gasteiger partial charge in [0.2, 0.25) is 11.4 Å². The third kappa shape index (κ3) is 1.56. The average molecular weight is 287 g/mol. The first-order valence-corrected chi connectivity index (χ1v) is 7.07. The van der Waals surface area contributed by atoms with Crippen molar-refractivity contribution in [2.45, 2.75) is 26.4 Å². The van der Waals surface area contributed by atoms with Gasteiger partial charge in [-0.1, -0.05) is 12.1 Å². The van der Waals surface area contributed by atoms with E-state index in [1.807, 2.05) is 31.2 Å². The fourth-order valence-corrected chi connectivity index (χ4v) is 3.62. The van der Waals surface area contributed by atoms with Crippen LogP contribution in [0.25, 0.3) is 10.2 Å². The van der Waals surface area contributed by atoms with Gasteiger partial charge in [-0.05, 0) is 31.6 Å². The number of carbonyl (C=O) groups excluding carboxylic acids is 2. The first-order chi connectivity index (χ1) is 9.46. The van der Waals surface area contributed by atoms with Gasteiger partial charge in [-0.2, -0.15) is 0 Å². The van der Waals surface area contributed by atoms with E-state index in [0.717, 1.165) is 15.8 Å². The lowest BCUT2D eigenvalue weighted by atomic mass is 9.73. The molecule has 0 saturated heterocycles. The zero-order valence-electron chi connectivity index (χ0n) is 11.4. The summed E-state index contributed by atoms with van der Waals surface area (Å²) in [5.41, 5.74) is 0.908. The first-order valence-electron chi connectivity index (χ1n) is 6.25. The maximum Gasteiger partial charge on any atom is 0.304 e. The maximum absolute atomic E-state index is 12.3. The number of carbonyl (C=O) groups is 2. The molecule has 0 amide bonds. The monoisotopic (exact) mass is 287 g/mol.